The van der Waals surface area contributed by atoms with E-state index in [-0.39, 0.29) is 0 Å². The molecule has 0 atom stereocenters. The van der Waals surface area contributed by atoms with Crippen molar-refractivity contribution >= 4 is 17.8 Å². The van der Waals surface area contributed by atoms with Crippen molar-refractivity contribution < 1.29 is 23.4 Å². The van der Waals surface area contributed by atoms with Crippen LogP contribution in [0, 0.1) is 0 Å². The SMILES string of the molecule is COc1ccc(C2=C/C(=C/c3ccco3)C(=O)O2)cc1OC. The van der Waals surface area contributed by atoms with Gasteiger partial charge in [-0.3, -0.25) is 0 Å². The zero-order valence-corrected chi connectivity index (χ0v) is 12.2. The van der Waals surface area contributed by atoms with Crippen molar-refractivity contribution in [3.8, 4) is 11.5 Å². The summed E-state index contributed by atoms with van der Waals surface area (Å²) in [6.07, 6.45) is 4.85. The van der Waals surface area contributed by atoms with Crippen molar-refractivity contribution in [2.75, 3.05) is 14.2 Å². The number of benzene rings is 1. The maximum atomic E-state index is 11.9. The molecule has 0 radical (unpaired) electrons. The molecule has 1 aliphatic heterocycles. The fraction of sp³-hybridized carbons (Fsp3) is 0.118. The summed E-state index contributed by atoms with van der Waals surface area (Å²) < 4.78 is 20.9. The van der Waals surface area contributed by atoms with Crippen LogP contribution < -0.4 is 9.47 Å². The molecule has 0 fully saturated rings. The van der Waals surface area contributed by atoms with Crippen LogP contribution in [0.5, 0.6) is 11.5 Å². The number of carbonyl (C=O) groups is 1. The normalized spacial score (nSPS) is 15.6. The first kappa shape index (κ1) is 14.0. The standard InChI is InChI=1S/C17H14O5/c1-19-14-6-5-11(9-16(14)20-2)15-10-12(17(18)22-15)8-13-4-3-7-21-13/h3-10H,1-2H3/b12-8-. The molecule has 1 aromatic carbocycles. The van der Waals surface area contributed by atoms with Crippen molar-refractivity contribution in [1.82, 2.24) is 0 Å². The number of hydrogen-bond acceptors (Lipinski definition) is 5. The van der Waals surface area contributed by atoms with E-state index in [0.717, 1.165) is 5.56 Å². The van der Waals surface area contributed by atoms with Gasteiger partial charge in [-0.15, -0.1) is 0 Å². The number of hydrogen-bond donors (Lipinski definition) is 0. The smallest absolute Gasteiger partial charge is 0.343 e. The Morgan fingerprint density at radius 3 is 2.59 bits per heavy atom. The lowest BCUT2D eigenvalue weighted by atomic mass is 10.1. The summed E-state index contributed by atoms with van der Waals surface area (Å²) >= 11 is 0. The Hall–Kier alpha value is -2.95. The Bertz CT molecular complexity index is 753. The minimum atomic E-state index is -0.416. The molecular weight excluding hydrogens is 284 g/mol. The molecule has 5 nitrogen and oxygen atoms in total. The summed E-state index contributed by atoms with van der Waals surface area (Å²) in [6, 6.07) is 8.84. The molecular formula is C17H14O5. The second kappa shape index (κ2) is 5.81. The minimum absolute atomic E-state index is 0.416. The van der Waals surface area contributed by atoms with Gasteiger partial charge >= 0.3 is 5.97 Å². The van der Waals surface area contributed by atoms with Gasteiger partial charge in [0.25, 0.3) is 0 Å². The molecule has 22 heavy (non-hydrogen) atoms. The maximum absolute atomic E-state index is 11.9. The third-order valence-corrected chi connectivity index (χ3v) is 3.23. The van der Waals surface area contributed by atoms with E-state index in [4.69, 9.17) is 18.6 Å². The van der Waals surface area contributed by atoms with Gasteiger partial charge < -0.3 is 18.6 Å². The van der Waals surface area contributed by atoms with Gasteiger partial charge in [0.05, 0.1) is 26.1 Å². The van der Waals surface area contributed by atoms with E-state index in [9.17, 15) is 4.79 Å². The van der Waals surface area contributed by atoms with Crippen LogP contribution in [0.2, 0.25) is 0 Å². The van der Waals surface area contributed by atoms with Gasteiger partial charge in [-0.2, -0.15) is 0 Å². The highest BCUT2D eigenvalue weighted by Gasteiger charge is 2.23. The van der Waals surface area contributed by atoms with E-state index in [2.05, 4.69) is 0 Å². The van der Waals surface area contributed by atoms with Gasteiger partial charge in [0.1, 0.15) is 11.5 Å². The number of rotatable bonds is 4. The van der Waals surface area contributed by atoms with Gasteiger partial charge in [0, 0.05) is 5.56 Å². The van der Waals surface area contributed by atoms with E-state index < -0.39 is 5.97 Å². The Morgan fingerprint density at radius 1 is 1.09 bits per heavy atom. The molecule has 0 aliphatic carbocycles. The largest absolute Gasteiger partial charge is 0.493 e. The molecule has 0 saturated heterocycles. The highest BCUT2D eigenvalue weighted by molar-refractivity contribution is 6.04. The summed E-state index contributed by atoms with van der Waals surface area (Å²) in [6.45, 7) is 0. The molecule has 0 unspecified atom stereocenters. The lowest BCUT2D eigenvalue weighted by molar-refractivity contribution is -0.130. The van der Waals surface area contributed by atoms with E-state index in [0.29, 0.717) is 28.6 Å². The molecule has 0 N–H and O–H groups in total. The minimum Gasteiger partial charge on any atom is -0.493 e. The van der Waals surface area contributed by atoms with Crippen LogP contribution in [-0.4, -0.2) is 20.2 Å². The molecule has 112 valence electrons. The number of ether oxygens (including phenoxy) is 3. The van der Waals surface area contributed by atoms with Crippen molar-refractivity contribution in [1.29, 1.82) is 0 Å². The van der Waals surface area contributed by atoms with Crippen molar-refractivity contribution in [3.05, 3.63) is 59.6 Å². The topological polar surface area (TPSA) is 57.9 Å². The zero-order chi connectivity index (χ0) is 15.5. The Kier molecular flexibility index (Phi) is 3.70. The molecule has 2 heterocycles. The highest BCUT2D eigenvalue weighted by Crippen LogP contribution is 2.33. The number of furan rings is 1. The van der Waals surface area contributed by atoms with Gasteiger partial charge in [0.2, 0.25) is 0 Å². The first-order valence-corrected chi connectivity index (χ1v) is 6.63. The van der Waals surface area contributed by atoms with Crippen LogP contribution >= 0.6 is 0 Å². The van der Waals surface area contributed by atoms with Crippen LogP contribution in [0.3, 0.4) is 0 Å². The average molecular weight is 298 g/mol. The lowest BCUT2D eigenvalue weighted by Gasteiger charge is -2.09. The monoisotopic (exact) mass is 298 g/mol. The second-order valence-corrected chi connectivity index (χ2v) is 4.58. The van der Waals surface area contributed by atoms with Crippen LogP contribution in [0.25, 0.3) is 11.8 Å². The fourth-order valence-electron chi connectivity index (χ4n) is 2.15. The van der Waals surface area contributed by atoms with Crippen LogP contribution in [0.4, 0.5) is 0 Å². The average Bonchev–Trinajstić information content (AvgIpc) is 3.17. The Labute approximate surface area is 127 Å². The predicted molar refractivity (Wildman–Crippen MR) is 80.3 cm³/mol. The van der Waals surface area contributed by atoms with Crippen molar-refractivity contribution in [3.63, 3.8) is 0 Å². The summed E-state index contributed by atoms with van der Waals surface area (Å²) in [7, 11) is 3.12. The molecule has 0 bridgehead atoms. The Balaban J connectivity index is 1.94. The van der Waals surface area contributed by atoms with Gasteiger partial charge in [-0.25, -0.2) is 4.79 Å². The van der Waals surface area contributed by atoms with Crippen LogP contribution in [0.1, 0.15) is 11.3 Å². The first-order chi connectivity index (χ1) is 10.7. The second-order valence-electron chi connectivity index (χ2n) is 4.58. The molecule has 0 saturated carbocycles. The molecule has 2 aromatic rings. The van der Waals surface area contributed by atoms with Gasteiger partial charge in [0.15, 0.2) is 11.5 Å². The number of esters is 1. The van der Waals surface area contributed by atoms with E-state index >= 15 is 0 Å². The molecule has 1 aromatic heterocycles. The number of cyclic esters (lactones) is 1. The predicted octanol–water partition coefficient (Wildman–Crippen LogP) is 3.28. The fourth-order valence-corrected chi connectivity index (χ4v) is 2.15. The number of carbonyl (C=O) groups excluding carboxylic acids is 1. The third kappa shape index (κ3) is 2.61. The van der Waals surface area contributed by atoms with Crippen LogP contribution in [0.15, 0.2) is 52.7 Å². The summed E-state index contributed by atoms with van der Waals surface area (Å²) in [4.78, 5) is 11.9. The zero-order valence-electron chi connectivity index (χ0n) is 12.2. The van der Waals surface area contributed by atoms with E-state index in [1.165, 1.54) is 0 Å². The van der Waals surface area contributed by atoms with Crippen LogP contribution in [-0.2, 0) is 9.53 Å². The lowest BCUT2D eigenvalue weighted by Crippen LogP contribution is -1.97. The summed E-state index contributed by atoms with van der Waals surface area (Å²) in [5.74, 6) is 1.82. The first-order valence-electron chi connectivity index (χ1n) is 6.63. The molecule has 0 spiro atoms. The highest BCUT2D eigenvalue weighted by atomic mass is 16.5. The Morgan fingerprint density at radius 2 is 1.91 bits per heavy atom. The quantitative estimate of drug-likeness (QED) is 0.640. The van der Waals surface area contributed by atoms with Gasteiger partial charge in [-0.05, 0) is 42.5 Å². The third-order valence-electron chi connectivity index (χ3n) is 3.23. The molecule has 1 aliphatic rings. The molecule has 0 amide bonds. The van der Waals surface area contributed by atoms with E-state index in [1.54, 1.807) is 63.0 Å². The molecule has 3 rings (SSSR count). The van der Waals surface area contributed by atoms with Crippen molar-refractivity contribution in [2.45, 2.75) is 0 Å². The van der Waals surface area contributed by atoms with Gasteiger partial charge in [-0.1, -0.05) is 0 Å². The summed E-state index contributed by atoms with van der Waals surface area (Å²) in [5, 5.41) is 0. The van der Waals surface area contributed by atoms with E-state index in [1.807, 2.05) is 0 Å². The van der Waals surface area contributed by atoms with Crippen molar-refractivity contribution in [2.24, 2.45) is 0 Å². The summed E-state index contributed by atoms with van der Waals surface area (Å²) in [5.41, 5.74) is 1.16. The molecule has 5 heteroatoms. The maximum Gasteiger partial charge on any atom is 0.343 e. The number of methoxy groups -OCH3 is 2.